The van der Waals surface area contributed by atoms with E-state index in [1.165, 1.54) is 12.1 Å². The topological polar surface area (TPSA) is 63.3 Å². The molecule has 0 aliphatic rings. The van der Waals surface area contributed by atoms with Gasteiger partial charge in [-0.1, -0.05) is 0 Å². The van der Waals surface area contributed by atoms with Gasteiger partial charge in [-0.3, -0.25) is 5.32 Å². The number of carbonyl (C=O) groups is 1. The summed E-state index contributed by atoms with van der Waals surface area (Å²) < 4.78 is 48.8. The fraction of sp³-hybridized carbons (Fsp3) is 0.250. The highest BCUT2D eigenvalue weighted by molar-refractivity contribution is 6.00. The molecule has 3 rings (SSSR count). The molecule has 3 aromatic rings. The number of alkyl halides is 3. The largest absolute Gasteiger partial charge is 0.457 e. The van der Waals surface area contributed by atoms with Crippen molar-refractivity contribution in [3.8, 4) is 11.5 Å². The van der Waals surface area contributed by atoms with E-state index in [4.69, 9.17) is 9.47 Å². The second-order valence-electron chi connectivity index (χ2n) is 7.16. The second kappa shape index (κ2) is 7.10. The summed E-state index contributed by atoms with van der Waals surface area (Å²) in [5.74, 6) is 0.684. The summed E-state index contributed by atoms with van der Waals surface area (Å²) in [6.07, 6.45) is -3.37. The number of H-pyrrole nitrogens is 1. The van der Waals surface area contributed by atoms with Gasteiger partial charge in [0.15, 0.2) is 0 Å². The van der Waals surface area contributed by atoms with Crippen molar-refractivity contribution in [3.05, 3.63) is 54.2 Å². The normalized spacial score (nSPS) is 12.1. The Balaban J connectivity index is 1.79. The quantitative estimate of drug-likeness (QED) is 0.548. The van der Waals surface area contributed by atoms with E-state index in [2.05, 4.69) is 10.3 Å². The molecule has 0 radical (unpaired) electrons. The van der Waals surface area contributed by atoms with Gasteiger partial charge in [-0.2, -0.15) is 13.2 Å². The summed E-state index contributed by atoms with van der Waals surface area (Å²) in [5.41, 5.74) is -0.120. The number of ether oxygens (including phenoxy) is 2. The van der Waals surface area contributed by atoms with Crippen LogP contribution < -0.4 is 10.1 Å². The maximum atomic E-state index is 12.6. The van der Waals surface area contributed by atoms with Gasteiger partial charge < -0.3 is 14.5 Å². The SMILES string of the molecule is CC(C)(C)OC(=O)Nc1c[nH]c2ccc(Oc3ccc(C(F)(F)F)cc3)cc12. The Labute approximate surface area is 159 Å². The lowest BCUT2D eigenvalue weighted by Gasteiger charge is -2.19. The average molecular weight is 392 g/mol. The van der Waals surface area contributed by atoms with E-state index in [1.54, 1.807) is 45.2 Å². The Bertz CT molecular complexity index is 987. The summed E-state index contributed by atoms with van der Waals surface area (Å²) in [7, 11) is 0. The van der Waals surface area contributed by atoms with Crippen LogP contribution in [0.5, 0.6) is 11.5 Å². The van der Waals surface area contributed by atoms with Crippen LogP contribution in [0.25, 0.3) is 10.9 Å². The summed E-state index contributed by atoms with van der Waals surface area (Å²) in [4.78, 5) is 15.0. The van der Waals surface area contributed by atoms with E-state index < -0.39 is 23.4 Å². The monoisotopic (exact) mass is 392 g/mol. The number of hydrogen-bond donors (Lipinski definition) is 2. The van der Waals surface area contributed by atoms with Crippen molar-refractivity contribution in [1.29, 1.82) is 0 Å². The first-order valence-electron chi connectivity index (χ1n) is 8.47. The highest BCUT2D eigenvalue weighted by Gasteiger charge is 2.30. The first-order chi connectivity index (χ1) is 13.0. The number of aromatic nitrogens is 1. The van der Waals surface area contributed by atoms with Gasteiger partial charge in [0.25, 0.3) is 0 Å². The number of aromatic amines is 1. The minimum Gasteiger partial charge on any atom is -0.457 e. The maximum absolute atomic E-state index is 12.6. The van der Waals surface area contributed by atoms with E-state index in [0.717, 1.165) is 17.6 Å². The van der Waals surface area contributed by atoms with E-state index >= 15 is 0 Å². The number of anilines is 1. The van der Waals surface area contributed by atoms with E-state index in [9.17, 15) is 18.0 Å². The van der Waals surface area contributed by atoms with Crippen LogP contribution in [0.3, 0.4) is 0 Å². The summed E-state index contributed by atoms with van der Waals surface area (Å²) >= 11 is 0. The Morgan fingerprint density at radius 1 is 1.00 bits per heavy atom. The zero-order valence-electron chi connectivity index (χ0n) is 15.5. The van der Waals surface area contributed by atoms with Crippen molar-refractivity contribution in [3.63, 3.8) is 0 Å². The van der Waals surface area contributed by atoms with Gasteiger partial charge in [0, 0.05) is 17.1 Å². The molecule has 0 saturated heterocycles. The van der Waals surface area contributed by atoms with Crippen molar-refractivity contribution in [1.82, 2.24) is 4.98 Å². The number of amides is 1. The first kappa shape index (κ1) is 19.6. The Hall–Kier alpha value is -3.16. The number of halogens is 3. The predicted molar refractivity (Wildman–Crippen MR) is 99.7 cm³/mol. The highest BCUT2D eigenvalue weighted by Crippen LogP contribution is 2.33. The molecule has 1 heterocycles. The number of carbonyl (C=O) groups excluding carboxylic acids is 1. The molecule has 0 aliphatic heterocycles. The van der Waals surface area contributed by atoms with E-state index in [0.29, 0.717) is 16.8 Å². The van der Waals surface area contributed by atoms with Crippen LogP contribution >= 0.6 is 0 Å². The summed E-state index contributed by atoms with van der Waals surface area (Å²) in [6, 6.07) is 9.52. The molecule has 0 spiro atoms. The standard InChI is InChI=1S/C20H19F3N2O3/c1-19(2,3)28-18(26)25-17-11-24-16-9-8-14(10-15(16)17)27-13-6-4-12(5-7-13)20(21,22)23/h4-11,24H,1-3H3,(H,25,26). The molecule has 1 amide bonds. The van der Waals surface area contributed by atoms with Crippen molar-refractivity contribution in [2.24, 2.45) is 0 Å². The Morgan fingerprint density at radius 3 is 2.25 bits per heavy atom. The van der Waals surface area contributed by atoms with Crippen LogP contribution in [0, 0.1) is 0 Å². The summed E-state index contributed by atoms with van der Waals surface area (Å²) in [6.45, 7) is 5.29. The van der Waals surface area contributed by atoms with E-state index in [-0.39, 0.29) is 5.75 Å². The van der Waals surface area contributed by atoms with Gasteiger partial charge in [-0.25, -0.2) is 4.79 Å². The lowest BCUT2D eigenvalue weighted by molar-refractivity contribution is -0.137. The zero-order chi connectivity index (χ0) is 20.5. The van der Waals surface area contributed by atoms with E-state index in [1.807, 2.05) is 0 Å². The van der Waals surface area contributed by atoms with Crippen molar-refractivity contribution >= 4 is 22.7 Å². The average Bonchev–Trinajstić information content (AvgIpc) is 2.95. The number of rotatable bonds is 3. The van der Waals surface area contributed by atoms with Gasteiger partial charge in [0.2, 0.25) is 0 Å². The molecule has 28 heavy (non-hydrogen) atoms. The third-order valence-corrected chi connectivity index (χ3v) is 3.71. The van der Waals surface area contributed by atoms with Crippen LogP contribution in [-0.4, -0.2) is 16.7 Å². The molecule has 0 unspecified atom stereocenters. The van der Waals surface area contributed by atoms with Crippen molar-refractivity contribution in [2.45, 2.75) is 32.5 Å². The van der Waals surface area contributed by atoms with Gasteiger partial charge >= 0.3 is 12.3 Å². The molecule has 2 N–H and O–H groups in total. The number of benzene rings is 2. The van der Waals surface area contributed by atoms with Crippen LogP contribution in [-0.2, 0) is 10.9 Å². The second-order valence-corrected chi connectivity index (χ2v) is 7.16. The molecule has 0 saturated carbocycles. The van der Waals surface area contributed by atoms with Gasteiger partial charge in [0.05, 0.1) is 11.3 Å². The zero-order valence-corrected chi connectivity index (χ0v) is 15.5. The minimum absolute atomic E-state index is 0.268. The highest BCUT2D eigenvalue weighted by atomic mass is 19.4. The Morgan fingerprint density at radius 2 is 1.64 bits per heavy atom. The molecular weight excluding hydrogens is 373 g/mol. The first-order valence-corrected chi connectivity index (χ1v) is 8.47. The van der Waals surface area contributed by atoms with Crippen molar-refractivity contribution in [2.75, 3.05) is 5.32 Å². The van der Waals surface area contributed by atoms with Crippen LogP contribution in [0.15, 0.2) is 48.7 Å². The molecule has 0 atom stereocenters. The minimum atomic E-state index is -4.40. The molecular formula is C20H19F3N2O3. The molecule has 0 aliphatic carbocycles. The van der Waals surface area contributed by atoms with Crippen LogP contribution in [0.2, 0.25) is 0 Å². The molecule has 1 aromatic heterocycles. The van der Waals surface area contributed by atoms with Gasteiger partial charge in [0.1, 0.15) is 17.1 Å². The molecule has 148 valence electrons. The van der Waals surface area contributed by atoms with Gasteiger partial charge in [-0.15, -0.1) is 0 Å². The third kappa shape index (κ3) is 4.76. The fourth-order valence-electron chi connectivity index (χ4n) is 2.53. The molecule has 2 aromatic carbocycles. The Kier molecular flexibility index (Phi) is 4.97. The molecule has 0 fully saturated rings. The maximum Gasteiger partial charge on any atom is 0.416 e. The summed E-state index contributed by atoms with van der Waals surface area (Å²) in [5, 5.41) is 3.34. The molecule has 5 nitrogen and oxygen atoms in total. The predicted octanol–water partition coefficient (Wildman–Crippen LogP) is 6.33. The number of nitrogens with one attached hydrogen (secondary N) is 2. The fourth-order valence-corrected chi connectivity index (χ4v) is 2.53. The van der Waals surface area contributed by atoms with Crippen molar-refractivity contribution < 1.29 is 27.4 Å². The number of hydrogen-bond acceptors (Lipinski definition) is 3. The number of fused-ring (bicyclic) bond motifs is 1. The smallest absolute Gasteiger partial charge is 0.416 e. The van der Waals surface area contributed by atoms with Gasteiger partial charge in [-0.05, 0) is 63.2 Å². The third-order valence-electron chi connectivity index (χ3n) is 3.71. The lowest BCUT2D eigenvalue weighted by atomic mass is 10.2. The van der Waals surface area contributed by atoms with Crippen LogP contribution in [0.1, 0.15) is 26.3 Å². The van der Waals surface area contributed by atoms with Crippen LogP contribution in [0.4, 0.5) is 23.7 Å². The molecule has 0 bridgehead atoms. The lowest BCUT2D eigenvalue weighted by Crippen LogP contribution is -2.27. The molecule has 8 heteroatoms.